The van der Waals surface area contributed by atoms with Gasteiger partial charge in [0.05, 0.1) is 0 Å². The number of hydrogen-bond donors (Lipinski definition) is 1. The van der Waals surface area contributed by atoms with Crippen LogP contribution in [0.2, 0.25) is 0 Å². The molecule has 0 radical (unpaired) electrons. The van der Waals surface area contributed by atoms with E-state index in [-0.39, 0.29) is 0 Å². The molecule has 0 spiro atoms. The SMILES string of the molecule is CCCCc1ccc(C)cc1.CNC. The van der Waals surface area contributed by atoms with Gasteiger partial charge in [0.25, 0.3) is 0 Å². The molecular formula is C13H23N. The van der Waals surface area contributed by atoms with Crippen LogP contribution >= 0.6 is 0 Å². The van der Waals surface area contributed by atoms with Gasteiger partial charge in [-0.1, -0.05) is 43.2 Å². The van der Waals surface area contributed by atoms with Crippen molar-refractivity contribution in [1.29, 1.82) is 0 Å². The zero-order valence-corrected chi connectivity index (χ0v) is 9.93. The number of rotatable bonds is 3. The zero-order valence-electron chi connectivity index (χ0n) is 9.93. The Morgan fingerprint density at radius 3 is 2.00 bits per heavy atom. The van der Waals surface area contributed by atoms with Crippen molar-refractivity contribution in [3.8, 4) is 0 Å². The highest BCUT2D eigenvalue weighted by molar-refractivity contribution is 5.21. The highest BCUT2D eigenvalue weighted by Gasteiger charge is 1.90. The lowest BCUT2D eigenvalue weighted by molar-refractivity contribution is 0.795. The van der Waals surface area contributed by atoms with Crippen molar-refractivity contribution in [1.82, 2.24) is 5.32 Å². The van der Waals surface area contributed by atoms with Crippen LogP contribution in [0.25, 0.3) is 0 Å². The Morgan fingerprint density at radius 2 is 1.57 bits per heavy atom. The molecule has 0 bridgehead atoms. The summed E-state index contributed by atoms with van der Waals surface area (Å²) >= 11 is 0. The highest BCUT2D eigenvalue weighted by Crippen LogP contribution is 2.06. The van der Waals surface area contributed by atoms with Crippen molar-refractivity contribution in [3.05, 3.63) is 35.4 Å². The minimum atomic E-state index is 1.23. The number of nitrogens with one attached hydrogen (secondary N) is 1. The first-order valence-corrected chi connectivity index (χ1v) is 5.38. The zero-order chi connectivity index (χ0) is 10.8. The molecule has 0 fully saturated rings. The maximum absolute atomic E-state index is 2.75. The molecule has 0 aliphatic rings. The molecule has 0 amide bonds. The second-order valence-corrected chi connectivity index (χ2v) is 3.59. The molecule has 0 saturated carbocycles. The molecule has 1 aromatic rings. The number of unbranched alkanes of at least 4 members (excludes halogenated alkanes) is 1. The van der Waals surface area contributed by atoms with E-state index in [0.717, 1.165) is 0 Å². The summed E-state index contributed by atoms with van der Waals surface area (Å²) in [6, 6.07) is 8.83. The predicted octanol–water partition coefficient (Wildman–Crippen LogP) is 3.17. The van der Waals surface area contributed by atoms with Gasteiger partial charge < -0.3 is 5.32 Å². The molecule has 0 saturated heterocycles. The lowest BCUT2D eigenvalue weighted by atomic mass is 10.1. The van der Waals surface area contributed by atoms with Crippen molar-refractivity contribution in [2.45, 2.75) is 33.1 Å². The molecule has 0 heterocycles. The summed E-state index contributed by atoms with van der Waals surface area (Å²) < 4.78 is 0. The van der Waals surface area contributed by atoms with Gasteiger partial charge in [0.15, 0.2) is 0 Å². The van der Waals surface area contributed by atoms with Crippen LogP contribution < -0.4 is 5.32 Å². The Kier molecular flexibility index (Phi) is 8.25. The van der Waals surface area contributed by atoms with E-state index in [4.69, 9.17) is 0 Å². The van der Waals surface area contributed by atoms with Crippen LogP contribution in [0.1, 0.15) is 30.9 Å². The van der Waals surface area contributed by atoms with Crippen LogP contribution in [0.15, 0.2) is 24.3 Å². The summed E-state index contributed by atoms with van der Waals surface area (Å²) in [6.07, 6.45) is 3.83. The largest absolute Gasteiger partial charge is 0.323 e. The second-order valence-electron chi connectivity index (χ2n) is 3.59. The van der Waals surface area contributed by atoms with Crippen LogP contribution in [0.5, 0.6) is 0 Å². The van der Waals surface area contributed by atoms with E-state index >= 15 is 0 Å². The van der Waals surface area contributed by atoms with Gasteiger partial charge in [-0.2, -0.15) is 0 Å². The molecule has 0 atom stereocenters. The minimum Gasteiger partial charge on any atom is -0.323 e. The topological polar surface area (TPSA) is 12.0 Å². The summed E-state index contributed by atoms with van der Waals surface area (Å²) in [5, 5.41) is 2.75. The molecular weight excluding hydrogens is 170 g/mol. The maximum atomic E-state index is 2.75. The first kappa shape index (κ1) is 13.2. The second kappa shape index (κ2) is 8.76. The fraction of sp³-hybridized carbons (Fsp3) is 0.538. The Balaban J connectivity index is 0.000000500. The predicted molar refractivity (Wildman–Crippen MR) is 64.8 cm³/mol. The molecule has 14 heavy (non-hydrogen) atoms. The summed E-state index contributed by atoms with van der Waals surface area (Å²) in [6.45, 7) is 4.36. The summed E-state index contributed by atoms with van der Waals surface area (Å²) in [5.41, 5.74) is 2.82. The van der Waals surface area contributed by atoms with Crippen molar-refractivity contribution in [3.63, 3.8) is 0 Å². The fourth-order valence-electron chi connectivity index (χ4n) is 1.14. The molecule has 80 valence electrons. The first-order valence-electron chi connectivity index (χ1n) is 5.38. The van der Waals surface area contributed by atoms with E-state index in [2.05, 4.69) is 43.4 Å². The van der Waals surface area contributed by atoms with Crippen LogP contribution in [0.3, 0.4) is 0 Å². The normalized spacial score (nSPS) is 9.14. The molecule has 0 aromatic heterocycles. The Labute approximate surface area is 88.5 Å². The smallest absolute Gasteiger partial charge is 0.0167 e. The van der Waals surface area contributed by atoms with Gasteiger partial charge >= 0.3 is 0 Å². The summed E-state index contributed by atoms with van der Waals surface area (Å²) in [7, 11) is 3.75. The molecule has 1 N–H and O–H groups in total. The van der Waals surface area contributed by atoms with Gasteiger partial charge in [-0.05, 0) is 39.4 Å². The highest BCUT2D eigenvalue weighted by atomic mass is 14.7. The third-order valence-electron chi connectivity index (χ3n) is 1.94. The summed E-state index contributed by atoms with van der Waals surface area (Å²) in [5.74, 6) is 0. The third-order valence-corrected chi connectivity index (χ3v) is 1.94. The Bertz CT molecular complexity index is 213. The van der Waals surface area contributed by atoms with Gasteiger partial charge in [-0.15, -0.1) is 0 Å². The first-order chi connectivity index (χ1) is 6.74. The minimum absolute atomic E-state index is 1.23. The van der Waals surface area contributed by atoms with E-state index in [1.165, 1.54) is 30.4 Å². The molecule has 0 aliphatic heterocycles. The van der Waals surface area contributed by atoms with Gasteiger partial charge in [0.2, 0.25) is 0 Å². The maximum Gasteiger partial charge on any atom is -0.0167 e. The van der Waals surface area contributed by atoms with E-state index in [0.29, 0.717) is 0 Å². The van der Waals surface area contributed by atoms with E-state index < -0.39 is 0 Å². The lowest BCUT2D eigenvalue weighted by Crippen LogP contribution is -1.89. The van der Waals surface area contributed by atoms with E-state index in [1.807, 2.05) is 14.1 Å². The van der Waals surface area contributed by atoms with E-state index in [1.54, 1.807) is 0 Å². The average Bonchev–Trinajstić information content (AvgIpc) is 2.18. The molecule has 1 nitrogen and oxygen atoms in total. The Hall–Kier alpha value is -0.820. The van der Waals surface area contributed by atoms with Crippen LogP contribution in [-0.4, -0.2) is 14.1 Å². The quantitative estimate of drug-likeness (QED) is 0.777. The number of benzene rings is 1. The molecule has 0 unspecified atom stereocenters. The van der Waals surface area contributed by atoms with Crippen molar-refractivity contribution < 1.29 is 0 Å². The summed E-state index contributed by atoms with van der Waals surface area (Å²) in [4.78, 5) is 0. The molecule has 1 rings (SSSR count). The van der Waals surface area contributed by atoms with E-state index in [9.17, 15) is 0 Å². The number of aryl methyl sites for hydroxylation is 2. The van der Waals surface area contributed by atoms with Crippen LogP contribution in [0, 0.1) is 6.92 Å². The molecule has 1 aromatic carbocycles. The van der Waals surface area contributed by atoms with Gasteiger partial charge in [0, 0.05) is 0 Å². The monoisotopic (exact) mass is 193 g/mol. The molecule has 1 heteroatoms. The third kappa shape index (κ3) is 6.67. The average molecular weight is 193 g/mol. The van der Waals surface area contributed by atoms with Crippen molar-refractivity contribution in [2.75, 3.05) is 14.1 Å². The standard InChI is InChI=1S/C11H16.C2H7N/c1-3-4-5-11-8-6-10(2)7-9-11;1-3-2/h6-9H,3-5H2,1-2H3;3H,1-2H3. The van der Waals surface area contributed by atoms with Gasteiger partial charge in [0.1, 0.15) is 0 Å². The van der Waals surface area contributed by atoms with Crippen molar-refractivity contribution >= 4 is 0 Å². The fourth-order valence-corrected chi connectivity index (χ4v) is 1.14. The molecule has 0 aliphatic carbocycles. The van der Waals surface area contributed by atoms with Crippen LogP contribution in [0.4, 0.5) is 0 Å². The van der Waals surface area contributed by atoms with Gasteiger partial charge in [-0.3, -0.25) is 0 Å². The number of hydrogen-bond acceptors (Lipinski definition) is 1. The lowest BCUT2D eigenvalue weighted by Gasteiger charge is -1.99. The van der Waals surface area contributed by atoms with Crippen LogP contribution in [-0.2, 0) is 6.42 Å². The Morgan fingerprint density at radius 1 is 1.07 bits per heavy atom. The van der Waals surface area contributed by atoms with Crippen molar-refractivity contribution in [2.24, 2.45) is 0 Å². The van der Waals surface area contributed by atoms with Gasteiger partial charge in [-0.25, -0.2) is 0 Å².